The lowest BCUT2D eigenvalue weighted by Crippen LogP contribution is -2.36. The predicted octanol–water partition coefficient (Wildman–Crippen LogP) is 5.42. The van der Waals surface area contributed by atoms with E-state index in [4.69, 9.17) is 21.1 Å². The summed E-state index contributed by atoms with van der Waals surface area (Å²) < 4.78 is 39.3. The zero-order valence-electron chi connectivity index (χ0n) is 19.5. The van der Waals surface area contributed by atoms with Gasteiger partial charge in [0.1, 0.15) is 12.3 Å². The van der Waals surface area contributed by atoms with E-state index in [9.17, 15) is 18.4 Å². The van der Waals surface area contributed by atoms with Gasteiger partial charge in [0.25, 0.3) is 5.91 Å². The van der Waals surface area contributed by atoms with Gasteiger partial charge in [0.05, 0.1) is 18.0 Å². The maximum Gasteiger partial charge on any atom is 0.261 e. The molecule has 3 rings (SSSR count). The molecule has 0 saturated heterocycles. The van der Waals surface area contributed by atoms with E-state index >= 15 is 0 Å². The number of aromatic nitrogens is 1. The SMILES string of the molecule is COc1c(F)cc2c(=O)c(C(=O)N(COCC[Si](C)(C)C)Cc3ccc(Cl)cc3)c[nH]c2c1F. The van der Waals surface area contributed by atoms with Crippen LogP contribution in [-0.2, 0) is 11.3 Å². The molecule has 0 aliphatic rings. The Bertz CT molecular complexity index is 1240. The molecule has 0 spiro atoms. The Morgan fingerprint density at radius 2 is 1.85 bits per heavy atom. The van der Waals surface area contributed by atoms with Crippen LogP contribution in [0.3, 0.4) is 0 Å². The number of ether oxygens (including phenoxy) is 2. The highest BCUT2D eigenvalue weighted by Crippen LogP contribution is 2.27. The van der Waals surface area contributed by atoms with E-state index in [1.54, 1.807) is 24.3 Å². The number of hydrogen-bond donors (Lipinski definition) is 1. The van der Waals surface area contributed by atoms with Crippen LogP contribution in [0.4, 0.5) is 8.78 Å². The van der Waals surface area contributed by atoms with E-state index < -0.39 is 36.8 Å². The number of carbonyl (C=O) groups excluding carboxylic acids is 1. The van der Waals surface area contributed by atoms with Gasteiger partial charge in [-0.25, -0.2) is 8.78 Å². The van der Waals surface area contributed by atoms with Gasteiger partial charge in [-0.2, -0.15) is 0 Å². The minimum Gasteiger partial charge on any atom is -0.491 e. The highest BCUT2D eigenvalue weighted by molar-refractivity contribution is 6.76. The van der Waals surface area contributed by atoms with E-state index in [0.717, 1.165) is 31.0 Å². The largest absolute Gasteiger partial charge is 0.491 e. The third-order valence-electron chi connectivity index (χ3n) is 5.28. The number of fused-ring (bicyclic) bond motifs is 1. The molecule has 0 aliphatic carbocycles. The Morgan fingerprint density at radius 3 is 2.47 bits per heavy atom. The zero-order valence-corrected chi connectivity index (χ0v) is 21.3. The second-order valence-corrected chi connectivity index (χ2v) is 15.2. The van der Waals surface area contributed by atoms with Crippen LogP contribution in [0.25, 0.3) is 10.9 Å². The van der Waals surface area contributed by atoms with Crippen LogP contribution >= 0.6 is 11.6 Å². The van der Waals surface area contributed by atoms with Crippen molar-refractivity contribution in [1.29, 1.82) is 0 Å². The van der Waals surface area contributed by atoms with Crippen LogP contribution in [0, 0.1) is 11.6 Å². The van der Waals surface area contributed by atoms with Gasteiger partial charge < -0.3 is 19.4 Å². The summed E-state index contributed by atoms with van der Waals surface area (Å²) >= 11 is 5.96. The number of hydrogen-bond acceptors (Lipinski definition) is 4. The lowest BCUT2D eigenvalue weighted by molar-refractivity contribution is 0.0249. The number of nitrogens with one attached hydrogen (secondary N) is 1. The Labute approximate surface area is 202 Å². The van der Waals surface area contributed by atoms with Gasteiger partial charge in [-0.05, 0) is 29.8 Å². The number of carbonyl (C=O) groups is 1. The first-order chi connectivity index (χ1) is 16.0. The molecule has 182 valence electrons. The molecule has 2 aromatic carbocycles. The molecule has 0 atom stereocenters. The van der Waals surface area contributed by atoms with Crippen LogP contribution in [0.15, 0.2) is 41.3 Å². The van der Waals surface area contributed by atoms with Crippen molar-refractivity contribution in [3.8, 4) is 5.75 Å². The Kier molecular flexibility index (Phi) is 8.11. The summed E-state index contributed by atoms with van der Waals surface area (Å²) in [4.78, 5) is 30.4. The molecule has 1 N–H and O–H groups in total. The van der Waals surface area contributed by atoms with Gasteiger partial charge in [-0.1, -0.05) is 43.4 Å². The zero-order chi connectivity index (χ0) is 25.0. The molecule has 1 heterocycles. The molecule has 6 nitrogen and oxygen atoms in total. The predicted molar refractivity (Wildman–Crippen MR) is 131 cm³/mol. The first-order valence-corrected chi connectivity index (χ1v) is 14.8. The second-order valence-electron chi connectivity index (χ2n) is 9.14. The van der Waals surface area contributed by atoms with Gasteiger partial charge in [-0.15, -0.1) is 0 Å². The number of benzene rings is 2. The van der Waals surface area contributed by atoms with Gasteiger partial charge >= 0.3 is 0 Å². The Hall–Kier alpha value is -2.75. The number of halogens is 3. The van der Waals surface area contributed by atoms with Gasteiger partial charge in [0, 0.05) is 32.4 Å². The lowest BCUT2D eigenvalue weighted by atomic mass is 10.1. The van der Waals surface area contributed by atoms with Crippen molar-refractivity contribution in [2.75, 3.05) is 20.4 Å². The van der Waals surface area contributed by atoms with Crippen LogP contribution in [-0.4, -0.2) is 44.3 Å². The Balaban J connectivity index is 1.94. The lowest BCUT2D eigenvalue weighted by Gasteiger charge is -2.24. The molecule has 0 aliphatic heterocycles. The van der Waals surface area contributed by atoms with Crippen molar-refractivity contribution >= 4 is 36.5 Å². The summed E-state index contributed by atoms with van der Waals surface area (Å²) in [5, 5.41) is 0.270. The average molecular weight is 509 g/mol. The van der Waals surface area contributed by atoms with E-state index in [1.807, 2.05) is 0 Å². The van der Waals surface area contributed by atoms with E-state index in [2.05, 4.69) is 24.6 Å². The minimum absolute atomic E-state index is 0.0469. The maximum absolute atomic E-state index is 14.6. The smallest absolute Gasteiger partial charge is 0.261 e. The van der Waals surface area contributed by atoms with Crippen LogP contribution < -0.4 is 10.2 Å². The fourth-order valence-corrected chi connectivity index (χ4v) is 4.21. The third-order valence-corrected chi connectivity index (χ3v) is 7.23. The number of amides is 1. The van der Waals surface area contributed by atoms with Crippen LogP contribution in [0.1, 0.15) is 15.9 Å². The molecular weight excluding hydrogens is 482 g/mol. The van der Waals surface area contributed by atoms with Gasteiger partial charge in [-0.3, -0.25) is 9.59 Å². The highest BCUT2D eigenvalue weighted by atomic mass is 35.5. The van der Waals surface area contributed by atoms with Crippen molar-refractivity contribution in [2.24, 2.45) is 0 Å². The standard InChI is InChI=1S/C24H27ClF2N2O4Si/c1-32-23-19(26)11-17-21(20(23)27)28-12-18(22(17)30)24(31)29(14-33-9-10-34(2,3)4)13-15-5-7-16(25)8-6-15/h5-8,11-12H,9-10,13-14H2,1-4H3,(H,28,30). The molecule has 0 saturated carbocycles. The normalized spacial score (nSPS) is 11.6. The average Bonchev–Trinajstić information content (AvgIpc) is 2.77. The summed E-state index contributed by atoms with van der Waals surface area (Å²) in [5.41, 5.74) is -0.498. The molecule has 34 heavy (non-hydrogen) atoms. The first-order valence-electron chi connectivity index (χ1n) is 10.7. The molecule has 0 radical (unpaired) electrons. The molecule has 3 aromatic rings. The number of H-pyrrole nitrogens is 1. The topological polar surface area (TPSA) is 71.6 Å². The summed E-state index contributed by atoms with van der Waals surface area (Å²) in [6, 6.07) is 8.72. The van der Waals surface area contributed by atoms with Crippen molar-refractivity contribution < 1.29 is 23.0 Å². The summed E-state index contributed by atoms with van der Waals surface area (Å²) in [6.45, 7) is 7.24. The molecule has 1 aromatic heterocycles. The number of rotatable bonds is 9. The van der Waals surface area contributed by atoms with Crippen LogP contribution in [0.5, 0.6) is 5.75 Å². The molecular formula is C24H27ClF2N2O4Si. The van der Waals surface area contributed by atoms with E-state index in [-0.39, 0.29) is 29.7 Å². The molecule has 0 unspecified atom stereocenters. The summed E-state index contributed by atoms with van der Waals surface area (Å²) in [5.74, 6) is -3.30. The molecule has 10 heteroatoms. The second kappa shape index (κ2) is 10.7. The van der Waals surface area contributed by atoms with Crippen molar-refractivity contribution in [1.82, 2.24) is 9.88 Å². The Morgan fingerprint density at radius 1 is 1.18 bits per heavy atom. The number of nitrogens with zero attached hydrogens (tertiary/aromatic N) is 1. The number of methoxy groups -OCH3 is 1. The van der Waals surface area contributed by atoms with Crippen molar-refractivity contribution in [3.05, 3.63) is 74.5 Å². The van der Waals surface area contributed by atoms with Gasteiger partial charge in [0.2, 0.25) is 5.43 Å². The van der Waals surface area contributed by atoms with Crippen molar-refractivity contribution in [3.63, 3.8) is 0 Å². The third kappa shape index (κ3) is 6.02. The minimum atomic E-state index is -1.34. The van der Waals surface area contributed by atoms with Gasteiger partial charge in [0.15, 0.2) is 17.4 Å². The highest BCUT2D eigenvalue weighted by Gasteiger charge is 2.24. The van der Waals surface area contributed by atoms with E-state index in [0.29, 0.717) is 11.6 Å². The number of aromatic amines is 1. The van der Waals surface area contributed by atoms with Crippen molar-refractivity contribution in [2.45, 2.75) is 32.2 Å². The molecule has 0 bridgehead atoms. The maximum atomic E-state index is 14.6. The fourth-order valence-electron chi connectivity index (χ4n) is 3.33. The van der Waals surface area contributed by atoms with Crippen LogP contribution in [0.2, 0.25) is 30.7 Å². The quantitative estimate of drug-likeness (QED) is 0.238. The monoisotopic (exact) mass is 508 g/mol. The molecule has 1 amide bonds. The first kappa shape index (κ1) is 25.9. The molecule has 0 fully saturated rings. The summed E-state index contributed by atoms with van der Waals surface area (Å²) in [7, 11) is -0.213. The fraction of sp³-hybridized carbons (Fsp3) is 0.333. The van der Waals surface area contributed by atoms with E-state index in [1.165, 1.54) is 4.90 Å². The number of pyridine rings is 1. The summed E-state index contributed by atoms with van der Waals surface area (Å²) in [6.07, 6.45) is 1.13.